The van der Waals surface area contributed by atoms with Crippen molar-refractivity contribution in [3.05, 3.63) is 64.7 Å². The molecule has 1 aliphatic rings. The van der Waals surface area contributed by atoms with Crippen LogP contribution in [0.25, 0.3) is 0 Å². The van der Waals surface area contributed by atoms with Crippen molar-refractivity contribution in [2.24, 2.45) is 5.92 Å². The number of carbonyl (C=O) groups is 2. The summed E-state index contributed by atoms with van der Waals surface area (Å²) in [6.07, 6.45) is 3.55. The molecule has 0 aliphatic carbocycles. The van der Waals surface area contributed by atoms with E-state index >= 15 is 0 Å². The van der Waals surface area contributed by atoms with Gasteiger partial charge in [0.25, 0.3) is 0 Å². The first-order chi connectivity index (χ1) is 15.0. The normalized spacial score (nSPS) is 18.7. The molecule has 1 heterocycles. The summed E-state index contributed by atoms with van der Waals surface area (Å²) in [5.74, 6) is 0.493. The van der Waals surface area contributed by atoms with E-state index < -0.39 is 0 Å². The molecule has 2 atom stereocenters. The lowest BCUT2D eigenvalue weighted by molar-refractivity contribution is -0.143. The van der Waals surface area contributed by atoms with Gasteiger partial charge in [0, 0.05) is 30.1 Å². The average Bonchev–Trinajstić information content (AvgIpc) is 2.79. The zero-order chi connectivity index (χ0) is 22.2. The molecular formula is C25H31ClN2O3. The summed E-state index contributed by atoms with van der Waals surface area (Å²) in [5.41, 5.74) is 2.02. The third kappa shape index (κ3) is 5.79. The minimum absolute atomic E-state index is 0.0149. The maximum absolute atomic E-state index is 13.2. The number of rotatable bonds is 9. The first kappa shape index (κ1) is 23.1. The van der Waals surface area contributed by atoms with E-state index in [1.165, 1.54) is 0 Å². The van der Waals surface area contributed by atoms with Crippen molar-refractivity contribution in [3.63, 3.8) is 0 Å². The molecule has 1 saturated heterocycles. The van der Waals surface area contributed by atoms with Crippen LogP contribution in [0.3, 0.4) is 0 Å². The third-order valence-electron chi connectivity index (χ3n) is 5.88. The van der Waals surface area contributed by atoms with E-state index in [2.05, 4.69) is 12.2 Å². The summed E-state index contributed by atoms with van der Waals surface area (Å²) in [5, 5.41) is 3.79. The van der Waals surface area contributed by atoms with Crippen LogP contribution in [0.2, 0.25) is 5.02 Å². The monoisotopic (exact) mass is 442 g/mol. The summed E-state index contributed by atoms with van der Waals surface area (Å²) in [4.78, 5) is 27.9. The van der Waals surface area contributed by atoms with Crippen molar-refractivity contribution in [2.75, 3.05) is 20.2 Å². The van der Waals surface area contributed by atoms with Crippen molar-refractivity contribution in [3.8, 4) is 5.75 Å². The van der Waals surface area contributed by atoms with Gasteiger partial charge in [0.2, 0.25) is 11.8 Å². The number of hydrogen-bond donors (Lipinski definition) is 1. The largest absolute Gasteiger partial charge is 0.496 e. The van der Waals surface area contributed by atoms with E-state index in [-0.39, 0.29) is 23.8 Å². The smallest absolute Gasteiger partial charge is 0.225 e. The Labute approximate surface area is 189 Å². The Morgan fingerprint density at radius 3 is 2.65 bits per heavy atom. The molecule has 1 fully saturated rings. The zero-order valence-corrected chi connectivity index (χ0v) is 19.0. The lowest BCUT2D eigenvalue weighted by Gasteiger charge is -2.41. The van der Waals surface area contributed by atoms with Gasteiger partial charge in [-0.25, -0.2) is 0 Å². The van der Waals surface area contributed by atoms with Crippen molar-refractivity contribution >= 4 is 23.4 Å². The summed E-state index contributed by atoms with van der Waals surface area (Å²) in [6, 6.07) is 15.0. The Bertz CT molecular complexity index is 885. The maximum atomic E-state index is 13.2. The summed E-state index contributed by atoms with van der Waals surface area (Å²) >= 11 is 5.95. The Morgan fingerprint density at radius 1 is 1.19 bits per heavy atom. The van der Waals surface area contributed by atoms with Crippen molar-refractivity contribution < 1.29 is 14.3 Å². The number of nitrogens with one attached hydrogen (secondary N) is 1. The molecule has 166 valence electrons. The van der Waals surface area contributed by atoms with Crippen molar-refractivity contribution in [2.45, 2.75) is 45.1 Å². The van der Waals surface area contributed by atoms with Gasteiger partial charge in [-0.05, 0) is 43.0 Å². The lowest BCUT2D eigenvalue weighted by atomic mass is 9.83. The van der Waals surface area contributed by atoms with Gasteiger partial charge in [0.1, 0.15) is 5.75 Å². The predicted molar refractivity (Wildman–Crippen MR) is 123 cm³/mol. The third-order valence-corrected chi connectivity index (χ3v) is 6.13. The molecule has 0 bridgehead atoms. The second kappa shape index (κ2) is 11.2. The molecule has 2 unspecified atom stereocenters. The number of piperidine rings is 1. The minimum Gasteiger partial charge on any atom is -0.496 e. The highest BCUT2D eigenvalue weighted by molar-refractivity contribution is 6.30. The van der Waals surface area contributed by atoms with E-state index in [9.17, 15) is 9.59 Å². The van der Waals surface area contributed by atoms with Crippen LogP contribution in [-0.2, 0) is 16.0 Å². The number of nitrogens with zero attached hydrogens (tertiary/aromatic N) is 1. The molecule has 2 aromatic carbocycles. The molecule has 0 radical (unpaired) electrons. The number of ether oxygens (including phenoxy) is 1. The van der Waals surface area contributed by atoms with E-state index in [1.807, 2.05) is 53.4 Å². The fourth-order valence-electron chi connectivity index (χ4n) is 4.23. The van der Waals surface area contributed by atoms with E-state index in [0.29, 0.717) is 36.7 Å². The van der Waals surface area contributed by atoms with Gasteiger partial charge < -0.3 is 15.0 Å². The number of benzene rings is 2. The highest BCUT2D eigenvalue weighted by Gasteiger charge is 2.41. The van der Waals surface area contributed by atoms with Crippen LogP contribution in [0.5, 0.6) is 5.75 Å². The molecule has 0 aromatic heterocycles. The molecule has 31 heavy (non-hydrogen) atoms. The van der Waals surface area contributed by atoms with E-state index in [4.69, 9.17) is 16.3 Å². The zero-order valence-electron chi connectivity index (χ0n) is 18.3. The molecule has 3 rings (SSSR count). The molecule has 0 saturated carbocycles. The van der Waals surface area contributed by atoms with Gasteiger partial charge in [0.05, 0.1) is 19.1 Å². The van der Waals surface area contributed by atoms with Crippen LogP contribution in [0.1, 0.15) is 49.8 Å². The number of halogens is 1. The average molecular weight is 443 g/mol. The fraction of sp³-hybridized carbons (Fsp3) is 0.440. The Kier molecular flexibility index (Phi) is 8.35. The number of methoxy groups -OCH3 is 1. The van der Waals surface area contributed by atoms with Crippen LogP contribution < -0.4 is 10.1 Å². The van der Waals surface area contributed by atoms with Crippen LogP contribution in [0, 0.1) is 5.92 Å². The topological polar surface area (TPSA) is 58.6 Å². The summed E-state index contributed by atoms with van der Waals surface area (Å²) in [6.45, 7) is 3.29. The minimum atomic E-state index is -0.320. The second-order valence-electron chi connectivity index (χ2n) is 7.94. The molecule has 1 aliphatic heterocycles. The molecular weight excluding hydrogens is 412 g/mol. The van der Waals surface area contributed by atoms with Crippen LogP contribution in [0.4, 0.5) is 0 Å². The molecule has 1 N–H and O–H groups in total. The van der Waals surface area contributed by atoms with Crippen LogP contribution in [-0.4, -0.2) is 36.9 Å². The van der Waals surface area contributed by atoms with Gasteiger partial charge in [-0.1, -0.05) is 55.3 Å². The quantitative estimate of drug-likeness (QED) is 0.607. The fourth-order valence-corrected chi connectivity index (χ4v) is 4.35. The number of hydrogen-bond acceptors (Lipinski definition) is 3. The number of amides is 2. The van der Waals surface area contributed by atoms with Crippen LogP contribution in [0.15, 0.2) is 48.5 Å². The van der Waals surface area contributed by atoms with Gasteiger partial charge in [0.15, 0.2) is 0 Å². The molecule has 6 heteroatoms. The maximum Gasteiger partial charge on any atom is 0.225 e. The first-order valence-electron chi connectivity index (χ1n) is 11.0. The molecule has 2 amide bonds. The van der Waals surface area contributed by atoms with Crippen molar-refractivity contribution in [1.29, 1.82) is 0 Å². The Balaban J connectivity index is 1.78. The summed E-state index contributed by atoms with van der Waals surface area (Å²) < 4.78 is 5.58. The Morgan fingerprint density at radius 2 is 1.94 bits per heavy atom. The van der Waals surface area contributed by atoms with Gasteiger partial charge >= 0.3 is 0 Å². The number of carbonyl (C=O) groups excluding carboxylic acids is 2. The summed E-state index contributed by atoms with van der Waals surface area (Å²) in [7, 11) is 1.63. The standard InChI is InChI=1S/C25H31ClN2O3/c1-3-4-17-28-23(29)14-13-21(24(28)20-7-5-6-8-22(20)31-2)25(30)27-16-15-18-9-11-19(26)12-10-18/h5-12,21,24H,3-4,13-17H2,1-2H3,(H,27,30). The first-order valence-corrected chi connectivity index (χ1v) is 11.4. The highest BCUT2D eigenvalue weighted by Crippen LogP contribution is 2.40. The van der Waals surface area contributed by atoms with Gasteiger partial charge in [-0.2, -0.15) is 0 Å². The SMILES string of the molecule is CCCCN1C(=O)CCC(C(=O)NCCc2ccc(Cl)cc2)C1c1ccccc1OC. The van der Waals surface area contributed by atoms with Crippen LogP contribution >= 0.6 is 11.6 Å². The molecule has 5 nitrogen and oxygen atoms in total. The number of para-hydroxylation sites is 1. The second-order valence-corrected chi connectivity index (χ2v) is 8.38. The highest BCUT2D eigenvalue weighted by atomic mass is 35.5. The van der Waals surface area contributed by atoms with E-state index in [0.717, 1.165) is 30.4 Å². The lowest BCUT2D eigenvalue weighted by Crippen LogP contribution is -2.48. The van der Waals surface area contributed by atoms with Gasteiger partial charge in [-0.15, -0.1) is 0 Å². The van der Waals surface area contributed by atoms with Crippen molar-refractivity contribution in [1.82, 2.24) is 10.2 Å². The number of unbranched alkanes of at least 4 members (excludes halogenated alkanes) is 1. The predicted octanol–water partition coefficient (Wildman–Crippen LogP) is 4.79. The molecule has 0 spiro atoms. The molecule has 2 aromatic rings. The van der Waals surface area contributed by atoms with E-state index in [1.54, 1.807) is 7.11 Å². The Hall–Kier alpha value is -2.53. The number of likely N-dealkylation sites (tertiary alicyclic amines) is 1. The van der Waals surface area contributed by atoms with Gasteiger partial charge in [-0.3, -0.25) is 9.59 Å².